The van der Waals surface area contributed by atoms with Crippen LogP contribution in [0.5, 0.6) is 0 Å². The van der Waals surface area contributed by atoms with Gasteiger partial charge in [-0.1, -0.05) is 13.3 Å². The largest absolute Gasteiger partial charge is 0.481 e. The molecule has 108 valence electrons. The van der Waals surface area contributed by atoms with Crippen LogP contribution in [-0.4, -0.2) is 45.2 Å². The Hall–Kier alpha value is -2.18. The molecule has 20 heavy (non-hydrogen) atoms. The van der Waals surface area contributed by atoms with E-state index in [1.54, 1.807) is 0 Å². The number of hydrogen-bond donors (Lipinski definition) is 2. The van der Waals surface area contributed by atoms with Gasteiger partial charge in [-0.15, -0.1) is 0 Å². The van der Waals surface area contributed by atoms with Gasteiger partial charge in [-0.25, -0.2) is 5.10 Å². The summed E-state index contributed by atoms with van der Waals surface area (Å²) in [6, 6.07) is 2.58. The van der Waals surface area contributed by atoms with E-state index in [1.807, 2.05) is 6.92 Å². The van der Waals surface area contributed by atoms with E-state index in [0.717, 1.165) is 12.8 Å². The van der Waals surface area contributed by atoms with Crippen molar-refractivity contribution >= 4 is 11.9 Å². The van der Waals surface area contributed by atoms with Crippen LogP contribution < -0.4 is 5.56 Å². The van der Waals surface area contributed by atoms with Gasteiger partial charge in [0.25, 0.3) is 11.5 Å². The van der Waals surface area contributed by atoms with Crippen LogP contribution >= 0.6 is 0 Å². The molecule has 1 aliphatic rings. The summed E-state index contributed by atoms with van der Waals surface area (Å²) in [4.78, 5) is 35.9. The highest BCUT2D eigenvalue weighted by molar-refractivity contribution is 5.92. The second-order valence-corrected chi connectivity index (χ2v) is 5.01. The number of nitrogens with zero attached hydrogens (tertiary/aromatic N) is 2. The van der Waals surface area contributed by atoms with Crippen LogP contribution in [0.4, 0.5) is 0 Å². The summed E-state index contributed by atoms with van der Waals surface area (Å²) in [6.45, 7) is 2.61. The van der Waals surface area contributed by atoms with Crippen LogP contribution in [0.25, 0.3) is 0 Å². The molecule has 1 saturated heterocycles. The first-order valence-corrected chi connectivity index (χ1v) is 6.60. The van der Waals surface area contributed by atoms with Crippen molar-refractivity contribution in [2.75, 3.05) is 13.1 Å². The summed E-state index contributed by atoms with van der Waals surface area (Å²) in [5.41, 5.74) is -0.249. The third-order valence-electron chi connectivity index (χ3n) is 3.60. The molecule has 1 aliphatic heterocycles. The standard InChI is InChI=1S/C13H17N3O4/c1-2-3-8-6-16(7-9(8)13(19)20)12(18)10-4-5-11(17)15-14-10/h4-5,8-9H,2-3,6-7H2,1H3,(H,15,17)(H,19,20)/t8-,9-/m1/s1. The number of likely N-dealkylation sites (tertiary alicyclic amines) is 1. The molecule has 1 aromatic rings. The summed E-state index contributed by atoms with van der Waals surface area (Å²) in [5.74, 6) is -1.76. The van der Waals surface area contributed by atoms with Crippen LogP contribution in [0.3, 0.4) is 0 Å². The quantitative estimate of drug-likeness (QED) is 0.827. The predicted molar refractivity (Wildman–Crippen MR) is 70.3 cm³/mol. The van der Waals surface area contributed by atoms with Gasteiger partial charge in [0.1, 0.15) is 5.69 Å². The molecule has 0 bridgehead atoms. The topological polar surface area (TPSA) is 103 Å². The van der Waals surface area contributed by atoms with Gasteiger partial charge in [0.2, 0.25) is 0 Å². The van der Waals surface area contributed by atoms with Gasteiger partial charge in [0.15, 0.2) is 0 Å². The molecule has 1 fully saturated rings. The molecule has 0 unspecified atom stereocenters. The highest BCUT2D eigenvalue weighted by atomic mass is 16.4. The lowest BCUT2D eigenvalue weighted by Crippen LogP contribution is -2.31. The van der Waals surface area contributed by atoms with E-state index in [1.165, 1.54) is 17.0 Å². The molecule has 1 amide bonds. The molecule has 2 N–H and O–H groups in total. The van der Waals surface area contributed by atoms with Gasteiger partial charge in [0.05, 0.1) is 5.92 Å². The number of amides is 1. The van der Waals surface area contributed by atoms with Crippen molar-refractivity contribution in [3.05, 3.63) is 28.2 Å². The van der Waals surface area contributed by atoms with Gasteiger partial charge in [-0.2, -0.15) is 5.10 Å². The number of aromatic nitrogens is 2. The maximum atomic E-state index is 12.2. The van der Waals surface area contributed by atoms with Crippen molar-refractivity contribution in [3.63, 3.8) is 0 Å². The Morgan fingerprint density at radius 1 is 1.45 bits per heavy atom. The average Bonchev–Trinajstić information content (AvgIpc) is 2.83. The minimum absolute atomic E-state index is 0.0239. The van der Waals surface area contributed by atoms with Crippen molar-refractivity contribution in [2.45, 2.75) is 19.8 Å². The fraction of sp³-hybridized carbons (Fsp3) is 0.538. The highest BCUT2D eigenvalue weighted by Crippen LogP contribution is 2.28. The molecular weight excluding hydrogens is 262 g/mol. The first-order chi connectivity index (χ1) is 9.52. The number of carboxylic acid groups (broad SMARTS) is 1. The zero-order valence-corrected chi connectivity index (χ0v) is 11.2. The summed E-state index contributed by atoms with van der Waals surface area (Å²) in [7, 11) is 0. The molecular formula is C13H17N3O4. The van der Waals surface area contributed by atoms with E-state index in [0.29, 0.717) is 6.54 Å². The molecule has 7 heteroatoms. The van der Waals surface area contributed by atoms with Gasteiger partial charge < -0.3 is 10.0 Å². The van der Waals surface area contributed by atoms with Gasteiger partial charge in [-0.05, 0) is 18.4 Å². The molecule has 1 aromatic heterocycles. The van der Waals surface area contributed by atoms with E-state index in [9.17, 15) is 19.5 Å². The number of aliphatic carboxylic acids is 1. The minimum Gasteiger partial charge on any atom is -0.481 e. The van der Waals surface area contributed by atoms with Crippen LogP contribution in [0.15, 0.2) is 16.9 Å². The second-order valence-electron chi connectivity index (χ2n) is 5.01. The Labute approximate surface area is 115 Å². The zero-order chi connectivity index (χ0) is 14.7. The fourth-order valence-corrected chi connectivity index (χ4v) is 2.61. The maximum Gasteiger partial charge on any atom is 0.308 e. The van der Waals surface area contributed by atoms with E-state index < -0.39 is 11.9 Å². The number of H-pyrrole nitrogens is 1. The molecule has 0 aliphatic carbocycles. The number of carboxylic acids is 1. The number of carbonyl (C=O) groups excluding carboxylic acids is 1. The molecule has 0 spiro atoms. The first-order valence-electron chi connectivity index (χ1n) is 6.60. The summed E-state index contributed by atoms with van der Waals surface area (Å²) < 4.78 is 0. The fourth-order valence-electron chi connectivity index (χ4n) is 2.61. The lowest BCUT2D eigenvalue weighted by Gasteiger charge is -2.15. The third-order valence-corrected chi connectivity index (χ3v) is 3.60. The average molecular weight is 279 g/mol. The molecule has 0 radical (unpaired) electrons. The van der Waals surface area contributed by atoms with Crippen molar-refractivity contribution in [1.29, 1.82) is 0 Å². The SMILES string of the molecule is CCC[C@@H]1CN(C(=O)c2ccc(=O)[nH]n2)C[C@H]1C(=O)O. The zero-order valence-electron chi connectivity index (χ0n) is 11.2. The number of nitrogens with one attached hydrogen (secondary N) is 1. The smallest absolute Gasteiger partial charge is 0.308 e. The van der Waals surface area contributed by atoms with Crippen molar-refractivity contribution in [1.82, 2.24) is 15.1 Å². The Morgan fingerprint density at radius 3 is 2.75 bits per heavy atom. The predicted octanol–water partition coefficient (Wildman–Crippen LogP) is 0.343. The molecule has 7 nitrogen and oxygen atoms in total. The molecule has 2 heterocycles. The van der Waals surface area contributed by atoms with Crippen LogP contribution in [0.1, 0.15) is 30.3 Å². The normalized spacial score (nSPS) is 21.9. The highest BCUT2D eigenvalue weighted by Gasteiger charge is 2.39. The number of rotatable bonds is 4. The number of hydrogen-bond acceptors (Lipinski definition) is 4. The Kier molecular flexibility index (Phi) is 4.16. The lowest BCUT2D eigenvalue weighted by molar-refractivity contribution is -0.142. The van der Waals surface area contributed by atoms with Gasteiger partial charge >= 0.3 is 5.97 Å². The van der Waals surface area contributed by atoms with E-state index >= 15 is 0 Å². The molecule has 0 saturated carbocycles. The molecule has 0 aromatic carbocycles. The number of aromatic amines is 1. The summed E-state index contributed by atoms with van der Waals surface area (Å²) >= 11 is 0. The van der Waals surface area contributed by atoms with E-state index in [2.05, 4.69) is 10.2 Å². The first kappa shape index (κ1) is 14.2. The number of carbonyl (C=O) groups is 2. The van der Waals surface area contributed by atoms with Crippen LogP contribution in [-0.2, 0) is 4.79 Å². The second kappa shape index (κ2) is 5.85. The van der Waals surface area contributed by atoms with Gasteiger partial charge in [-0.3, -0.25) is 14.4 Å². The summed E-state index contributed by atoms with van der Waals surface area (Å²) in [5, 5.41) is 15.1. The van der Waals surface area contributed by atoms with Crippen LogP contribution in [0, 0.1) is 11.8 Å². The van der Waals surface area contributed by atoms with Crippen molar-refractivity contribution in [2.24, 2.45) is 11.8 Å². The monoisotopic (exact) mass is 279 g/mol. The van der Waals surface area contributed by atoms with Crippen molar-refractivity contribution < 1.29 is 14.7 Å². The van der Waals surface area contributed by atoms with Crippen LogP contribution in [0.2, 0.25) is 0 Å². The third kappa shape index (κ3) is 2.87. The summed E-state index contributed by atoms with van der Waals surface area (Å²) in [6.07, 6.45) is 1.66. The Balaban J connectivity index is 2.13. The van der Waals surface area contributed by atoms with E-state index in [4.69, 9.17) is 0 Å². The van der Waals surface area contributed by atoms with Crippen molar-refractivity contribution in [3.8, 4) is 0 Å². The van der Waals surface area contributed by atoms with Gasteiger partial charge in [0, 0.05) is 19.2 Å². The van der Waals surface area contributed by atoms with E-state index in [-0.39, 0.29) is 29.6 Å². The Bertz CT molecular complexity index is 548. The molecule has 2 atom stereocenters. The molecule has 2 rings (SSSR count). The Morgan fingerprint density at radius 2 is 2.20 bits per heavy atom. The minimum atomic E-state index is -0.867. The maximum absolute atomic E-state index is 12.2. The lowest BCUT2D eigenvalue weighted by atomic mass is 9.92.